The number of halogens is 3. The van der Waals surface area contributed by atoms with Crippen LogP contribution in [0.2, 0.25) is 5.02 Å². The Kier molecular flexibility index (Phi) is 4.96. The fourth-order valence-corrected chi connectivity index (χ4v) is 2.55. The van der Waals surface area contributed by atoms with E-state index in [1.807, 2.05) is 13.0 Å². The highest BCUT2D eigenvalue weighted by atomic mass is 79.9. The highest BCUT2D eigenvalue weighted by molar-refractivity contribution is 9.10. The van der Waals surface area contributed by atoms with Crippen LogP contribution in [-0.4, -0.2) is 6.61 Å². The van der Waals surface area contributed by atoms with Crippen molar-refractivity contribution in [3.05, 3.63) is 45.1 Å². The van der Waals surface area contributed by atoms with Gasteiger partial charge in [0.05, 0.1) is 23.7 Å². The molecule has 0 amide bonds. The lowest BCUT2D eigenvalue weighted by atomic mass is 10.2. The van der Waals surface area contributed by atoms with Gasteiger partial charge in [0.2, 0.25) is 0 Å². The van der Waals surface area contributed by atoms with Crippen LogP contribution in [0.1, 0.15) is 12.5 Å². The zero-order valence-electron chi connectivity index (χ0n) is 11.6. The predicted octanol–water partition coefficient (Wildman–Crippen LogP) is 5.27. The molecule has 0 unspecified atom stereocenters. The van der Waals surface area contributed by atoms with Crippen molar-refractivity contribution in [2.75, 3.05) is 17.7 Å². The number of benzene rings is 2. The summed E-state index contributed by atoms with van der Waals surface area (Å²) in [5.74, 6) is -0.329. The average Bonchev–Trinajstić information content (AvgIpc) is 2.41. The number of nitrogens with two attached hydrogens (primary N) is 1. The Balaban J connectivity index is 2.39. The van der Waals surface area contributed by atoms with Crippen molar-refractivity contribution in [2.24, 2.45) is 0 Å². The van der Waals surface area contributed by atoms with E-state index in [9.17, 15) is 4.39 Å². The van der Waals surface area contributed by atoms with E-state index in [0.717, 1.165) is 15.7 Å². The number of nitrogen functional groups attached to an aromatic ring is 1. The second-order valence-corrected chi connectivity index (χ2v) is 5.77. The van der Waals surface area contributed by atoms with Crippen LogP contribution < -0.4 is 15.8 Å². The molecule has 0 saturated carbocycles. The molecule has 112 valence electrons. The maximum atomic E-state index is 13.7. The number of anilines is 3. The summed E-state index contributed by atoms with van der Waals surface area (Å²) in [7, 11) is 0. The second kappa shape index (κ2) is 6.54. The third-order valence-corrected chi connectivity index (χ3v) is 3.98. The highest BCUT2D eigenvalue weighted by Crippen LogP contribution is 2.35. The Bertz CT molecular complexity index is 679. The summed E-state index contributed by atoms with van der Waals surface area (Å²) in [5, 5.41) is 3.76. The highest BCUT2D eigenvalue weighted by Gasteiger charge is 2.11. The van der Waals surface area contributed by atoms with Crippen LogP contribution in [0.4, 0.5) is 21.5 Å². The topological polar surface area (TPSA) is 47.3 Å². The molecule has 2 aromatic rings. The number of hydrogen-bond acceptors (Lipinski definition) is 3. The number of nitrogens with one attached hydrogen (secondary N) is 1. The van der Waals surface area contributed by atoms with Gasteiger partial charge in [0.1, 0.15) is 0 Å². The van der Waals surface area contributed by atoms with E-state index >= 15 is 0 Å². The number of rotatable bonds is 4. The van der Waals surface area contributed by atoms with Crippen LogP contribution in [0.25, 0.3) is 0 Å². The van der Waals surface area contributed by atoms with E-state index in [-0.39, 0.29) is 5.75 Å². The van der Waals surface area contributed by atoms with Crippen molar-refractivity contribution in [3.63, 3.8) is 0 Å². The molecular formula is C15H15BrClFN2O. The predicted molar refractivity (Wildman–Crippen MR) is 89.2 cm³/mol. The van der Waals surface area contributed by atoms with Gasteiger partial charge >= 0.3 is 0 Å². The third kappa shape index (κ3) is 3.60. The fourth-order valence-electron chi connectivity index (χ4n) is 1.83. The van der Waals surface area contributed by atoms with Crippen molar-refractivity contribution in [3.8, 4) is 5.75 Å². The lowest BCUT2D eigenvalue weighted by Crippen LogP contribution is -2.01. The van der Waals surface area contributed by atoms with Crippen molar-refractivity contribution in [2.45, 2.75) is 13.8 Å². The van der Waals surface area contributed by atoms with E-state index in [1.54, 1.807) is 13.0 Å². The van der Waals surface area contributed by atoms with Gasteiger partial charge in [-0.25, -0.2) is 4.39 Å². The van der Waals surface area contributed by atoms with Gasteiger partial charge in [0, 0.05) is 21.6 Å². The normalized spacial score (nSPS) is 10.5. The Hall–Kier alpha value is -1.46. The van der Waals surface area contributed by atoms with E-state index in [2.05, 4.69) is 21.2 Å². The molecule has 21 heavy (non-hydrogen) atoms. The summed E-state index contributed by atoms with van der Waals surface area (Å²) in [5.41, 5.74) is 8.39. The Morgan fingerprint density at radius 3 is 2.67 bits per heavy atom. The molecule has 0 fully saturated rings. The minimum Gasteiger partial charge on any atom is -0.491 e. The van der Waals surface area contributed by atoms with Crippen LogP contribution in [0.3, 0.4) is 0 Å². The van der Waals surface area contributed by atoms with E-state index in [4.69, 9.17) is 22.1 Å². The molecule has 2 rings (SSSR count). The summed E-state index contributed by atoms with van der Waals surface area (Å²) in [6.45, 7) is 4.08. The zero-order valence-corrected chi connectivity index (χ0v) is 14.0. The lowest BCUT2D eigenvalue weighted by Gasteiger charge is -2.14. The van der Waals surface area contributed by atoms with E-state index in [1.165, 1.54) is 12.1 Å². The average molecular weight is 374 g/mol. The van der Waals surface area contributed by atoms with Crippen LogP contribution in [0.15, 0.2) is 28.7 Å². The van der Waals surface area contributed by atoms with Gasteiger partial charge in [-0.3, -0.25) is 0 Å². The first-order chi connectivity index (χ1) is 9.92. The van der Waals surface area contributed by atoms with Crippen LogP contribution in [0, 0.1) is 12.7 Å². The second-order valence-electron chi connectivity index (χ2n) is 4.51. The molecular weight excluding hydrogens is 359 g/mol. The summed E-state index contributed by atoms with van der Waals surface area (Å²) in [6, 6.07) is 6.45. The maximum absolute atomic E-state index is 13.7. The van der Waals surface area contributed by atoms with Crippen LogP contribution in [0.5, 0.6) is 5.75 Å². The molecule has 0 aliphatic heterocycles. The zero-order chi connectivity index (χ0) is 15.6. The number of aryl methyl sites for hydroxylation is 1. The molecule has 0 bridgehead atoms. The molecule has 0 atom stereocenters. The molecule has 0 aromatic heterocycles. The monoisotopic (exact) mass is 372 g/mol. The molecule has 0 saturated heterocycles. The van der Waals surface area contributed by atoms with Gasteiger partial charge in [-0.05, 0) is 47.5 Å². The molecule has 2 aromatic carbocycles. The molecule has 6 heteroatoms. The quantitative estimate of drug-likeness (QED) is 0.717. The first kappa shape index (κ1) is 15.9. The molecule has 3 nitrogen and oxygen atoms in total. The van der Waals surface area contributed by atoms with Crippen LogP contribution >= 0.6 is 27.5 Å². The first-order valence-corrected chi connectivity index (χ1v) is 7.54. The minimum absolute atomic E-state index is 0.156. The van der Waals surface area contributed by atoms with Crippen molar-refractivity contribution in [1.82, 2.24) is 0 Å². The van der Waals surface area contributed by atoms with Crippen molar-refractivity contribution in [1.29, 1.82) is 0 Å². The molecule has 0 aliphatic carbocycles. The first-order valence-electron chi connectivity index (χ1n) is 6.36. The molecule has 0 spiro atoms. The summed E-state index contributed by atoms with van der Waals surface area (Å²) in [6.07, 6.45) is 0. The molecule has 0 aliphatic rings. The Morgan fingerprint density at radius 1 is 1.29 bits per heavy atom. The number of ether oxygens (including phenoxy) is 1. The number of hydrogen-bond donors (Lipinski definition) is 2. The van der Waals surface area contributed by atoms with Crippen molar-refractivity contribution >= 4 is 44.6 Å². The largest absolute Gasteiger partial charge is 0.491 e. The van der Waals surface area contributed by atoms with Crippen LogP contribution in [-0.2, 0) is 0 Å². The molecule has 0 heterocycles. The van der Waals surface area contributed by atoms with Crippen molar-refractivity contribution < 1.29 is 9.13 Å². The van der Waals surface area contributed by atoms with Gasteiger partial charge in [0.15, 0.2) is 11.6 Å². The summed E-state index contributed by atoms with van der Waals surface area (Å²) in [4.78, 5) is 0. The van der Waals surface area contributed by atoms with Gasteiger partial charge in [-0.1, -0.05) is 11.6 Å². The van der Waals surface area contributed by atoms with Gasteiger partial charge < -0.3 is 15.8 Å². The van der Waals surface area contributed by atoms with E-state index < -0.39 is 5.82 Å². The van der Waals surface area contributed by atoms with Gasteiger partial charge in [-0.2, -0.15) is 0 Å². The minimum atomic E-state index is -0.485. The van der Waals surface area contributed by atoms with Gasteiger partial charge in [0.25, 0.3) is 0 Å². The SMILES string of the molecule is CCOc1cc(Nc2cc(Cl)c(C)cc2Br)c(N)cc1F. The smallest absolute Gasteiger partial charge is 0.167 e. The van der Waals surface area contributed by atoms with Gasteiger partial charge in [-0.15, -0.1) is 0 Å². The fraction of sp³-hybridized carbons (Fsp3) is 0.200. The third-order valence-electron chi connectivity index (χ3n) is 2.92. The van der Waals surface area contributed by atoms with E-state index in [0.29, 0.717) is 23.0 Å². The Morgan fingerprint density at radius 2 is 2.00 bits per heavy atom. The molecule has 0 radical (unpaired) electrons. The summed E-state index contributed by atoms with van der Waals surface area (Å²) < 4.78 is 19.8. The molecule has 3 N–H and O–H groups in total. The summed E-state index contributed by atoms with van der Waals surface area (Å²) >= 11 is 9.58. The Labute approximate surface area is 136 Å². The standard InChI is InChI=1S/C15H15BrClFN2O/c1-3-21-15-7-14(12(19)6-11(15)18)20-13-5-10(17)8(2)4-9(13)16/h4-7,20H,3,19H2,1-2H3. The lowest BCUT2D eigenvalue weighted by molar-refractivity contribution is 0.322. The maximum Gasteiger partial charge on any atom is 0.167 e.